The van der Waals surface area contributed by atoms with E-state index in [9.17, 15) is 0 Å². The first-order chi connectivity index (χ1) is 8.19. The molecule has 1 aromatic rings. The van der Waals surface area contributed by atoms with Crippen LogP contribution in [0.4, 0.5) is 0 Å². The largest absolute Gasteiger partial charge is 0.490 e. The molecule has 1 atom stereocenters. The first-order valence-electron chi connectivity index (χ1n) is 6.33. The van der Waals surface area contributed by atoms with E-state index < -0.39 is 0 Å². The molecule has 17 heavy (non-hydrogen) atoms. The highest BCUT2D eigenvalue weighted by Crippen LogP contribution is 2.27. The minimum atomic E-state index is 0.221. The second kappa shape index (κ2) is 7.57. The quantitative estimate of drug-likeness (QED) is 0.743. The lowest BCUT2D eigenvalue weighted by molar-refractivity contribution is 0.215. The number of rotatable bonds is 7. The molecule has 1 N–H and O–H groups in total. The SMILES string of the molecule is CCCNCc1c(Cl)cccc1OC(C)CC. The van der Waals surface area contributed by atoms with Crippen LogP contribution in [-0.4, -0.2) is 12.6 Å². The highest BCUT2D eigenvalue weighted by molar-refractivity contribution is 6.31. The van der Waals surface area contributed by atoms with Gasteiger partial charge in [0.25, 0.3) is 0 Å². The molecule has 0 saturated heterocycles. The van der Waals surface area contributed by atoms with Gasteiger partial charge in [0.05, 0.1) is 6.10 Å². The van der Waals surface area contributed by atoms with E-state index in [1.165, 1.54) is 0 Å². The average Bonchev–Trinajstić information content (AvgIpc) is 2.32. The predicted molar refractivity (Wildman–Crippen MR) is 73.8 cm³/mol. The monoisotopic (exact) mass is 255 g/mol. The lowest BCUT2D eigenvalue weighted by Gasteiger charge is -2.17. The van der Waals surface area contributed by atoms with Gasteiger partial charge >= 0.3 is 0 Å². The van der Waals surface area contributed by atoms with Gasteiger partial charge in [-0.15, -0.1) is 0 Å². The number of hydrogen-bond donors (Lipinski definition) is 1. The van der Waals surface area contributed by atoms with E-state index in [4.69, 9.17) is 16.3 Å². The summed E-state index contributed by atoms with van der Waals surface area (Å²) in [6.45, 7) is 8.10. The molecule has 0 aromatic heterocycles. The lowest BCUT2D eigenvalue weighted by Crippen LogP contribution is -2.17. The van der Waals surface area contributed by atoms with E-state index in [1.54, 1.807) is 0 Å². The van der Waals surface area contributed by atoms with Crippen LogP contribution >= 0.6 is 11.6 Å². The third-order valence-electron chi connectivity index (χ3n) is 2.71. The molecular weight excluding hydrogens is 234 g/mol. The van der Waals surface area contributed by atoms with Crippen LogP contribution in [0.25, 0.3) is 0 Å². The Bertz CT molecular complexity index is 341. The maximum absolute atomic E-state index is 6.21. The Morgan fingerprint density at radius 3 is 2.76 bits per heavy atom. The van der Waals surface area contributed by atoms with Gasteiger partial charge in [0, 0.05) is 17.1 Å². The van der Waals surface area contributed by atoms with Gasteiger partial charge in [0.15, 0.2) is 0 Å². The van der Waals surface area contributed by atoms with Crippen LogP contribution in [0.2, 0.25) is 5.02 Å². The third kappa shape index (κ3) is 4.57. The summed E-state index contributed by atoms with van der Waals surface area (Å²) in [7, 11) is 0. The van der Waals surface area contributed by atoms with Crippen molar-refractivity contribution in [1.29, 1.82) is 0 Å². The molecular formula is C14H22ClNO. The zero-order chi connectivity index (χ0) is 12.7. The zero-order valence-corrected chi connectivity index (χ0v) is 11.7. The molecule has 0 amide bonds. The van der Waals surface area contributed by atoms with Crippen molar-refractivity contribution < 1.29 is 4.74 Å². The number of nitrogens with one attached hydrogen (secondary N) is 1. The summed E-state index contributed by atoms with van der Waals surface area (Å²) in [6.07, 6.45) is 2.33. The minimum Gasteiger partial charge on any atom is -0.490 e. The van der Waals surface area contributed by atoms with Gasteiger partial charge in [-0.05, 0) is 38.4 Å². The number of halogens is 1. The van der Waals surface area contributed by atoms with E-state index in [0.29, 0.717) is 0 Å². The van der Waals surface area contributed by atoms with E-state index in [0.717, 1.165) is 42.3 Å². The second-order valence-electron chi connectivity index (χ2n) is 4.23. The van der Waals surface area contributed by atoms with Crippen LogP contribution < -0.4 is 10.1 Å². The molecule has 0 fully saturated rings. The van der Waals surface area contributed by atoms with Gasteiger partial charge in [-0.1, -0.05) is 31.5 Å². The molecule has 0 aliphatic rings. The Morgan fingerprint density at radius 2 is 2.12 bits per heavy atom. The lowest BCUT2D eigenvalue weighted by atomic mass is 10.2. The Labute approximate surface area is 109 Å². The molecule has 1 unspecified atom stereocenters. The molecule has 1 aromatic carbocycles. The summed E-state index contributed by atoms with van der Waals surface area (Å²) < 4.78 is 5.88. The Balaban J connectivity index is 2.76. The Hall–Kier alpha value is -0.730. The average molecular weight is 256 g/mol. The van der Waals surface area contributed by atoms with Crippen molar-refractivity contribution in [2.24, 2.45) is 0 Å². The fourth-order valence-corrected chi connectivity index (χ4v) is 1.74. The molecule has 96 valence electrons. The number of ether oxygens (including phenoxy) is 1. The summed E-state index contributed by atoms with van der Waals surface area (Å²) in [5.74, 6) is 0.899. The molecule has 0 spiro atoms. The maximum Gasteiger partial charge on any atom is 0.125 e. The summed E-state index contributed by atoms with van der Waals surface area (Å²) in [4.78, 5) is 0. The fraction of sp³-hybridized carbons (Fsp3) is 0.571. The highest BCUT2D eigenvalue weighted by atomic mass is 35.5. The molecule has 2 nitrogen and oxygen atoms in total. The molecule has 0 bridgehead atoms. The fourth-order valence-electron chi connectivity index (χ4n) is 1.51. The summed E-state index contributed by atoms with van der Waals surface area (Å²) in [6, 6.07) is 5.83. The van der Waals surface area contributed by atoms with E-state index >= 15 is 0 Å². The second-order valence-corrected chi connectivity index (χ2v) is 4.64. The van der Waals surface area contributed by atoms with Gasteiger partial charge in [-0.2, -0.15) is 0 Å². The summed E-state index contributed by atoms with van der Waals surface area (Å²) in [5, 5.41) is 4.13. The smallest absolute Gasteiger partial charge is 0.125 e. The Kier molecular flexibility index (Phi) is 6.38. The van der Waals surface area contributed by atoms with Gasteiger partial charge in [-0.3, -0.25) is 0 Å². The van der Waals surface area contributed by atoms with Gasteiger partial charge in [0.1, 0.15) is 5.75 Å². The van der Waals surface area contributed by atoms with E-state index in [-0.39, 0.29) is 6.10 Å². The van der Waals surface area contributed by atoms with Crippen molar-refractivity contribution in [3.8, 4) is 5.75 Å². The number of benzene rings is 1. The van der Waals surface area contributed by atoms with Crippen molar-refractivity contribution >= 4 is 11.6 Å². The number of hydrogen-bond acceptors (Lipinski definition) is 2. The van der Waals surface area contributed by atoms with Gasteiger partial charge in [-0.25, -0.2) is 0 Å². The first-order valence-corrected chi connectivity index (χ1v) is 6.71. The highest BCUT2D eigenvalue weighted by Gasteiger charge is 2.10. The molecule has 0 heterocycles. The van der Waals surface area contributed by atoms with Crippen molar-refractivity contribution in [1.82, 2.24) is 5.32 Å². The summed E-state index contributed by atoms with van der Waals surface area (Å²) in [5.41, 5.74) is 1.06. The van der Waals surface area contributed by atoms with Crippen molar-refractivity contribution in [3.05, 3.63) is 28.8 Å². The van der Waals surface area contributed by atoms with Gasteiger partial charge in [0.2, 0.25) is 0 Å². The minimum absolute atomic E-state index is 0.221. The Morgan fingerprint density at radius 1 is 1.35 bits per heavy atom. The van der Waals surface area contributed by atoms with Crippen LogP contribution in [0, 0.1) is 0 Å². The predicted octanol–water partition coefficient (Wildman–Crippen LogP) is 4.02. The third-order valence-corrected chi connectivity index (χ3v) is 3.06. The van der Waals surface area contributed by atoms with Crippen molar-refractivity contribution in [2.75, 3.05) is 6.54 Å². The molecule has 0 aliphatic heterocycles. The van der Waals surface area contributed by atoms with Crippen LogP contribution in [-0.2, 0) is 6.54 Å². The van der Waals surface area contributed by atoms with Crippen LogP contribution in [0.3, 0.4) is 0 Å². The maximum atomic E-state index is 6.21. The first kappa shape index (κ1) is 14.3. The van der Waals surface area contributed by atoms with Crippen LogP contribution in [0.15, 0.2) is 18.2 Å². The van der Waals surface area contributed by atoms with Crippen LogP contribution in [0.5, 0.6) is 5.75 Å². The molecule has 0 aliphatic carbocycles. The van der Waals surface area contributed by atoms with E-state index in [1.807, 2.05) is 18.2 Å². The summed E-state index contributed by atoms with van der Waals surface area (Å²) >= 11 is 6.21. The van der Waals surface area contributed by atoms with Crippen molar-refractivity contribution in [3.63, 3.8) is 0 Å². The molecule has 3 heteroatoms. The molecule has 1 rings (SSSR count). The van der Waals surface area contributed by atoms with Gasteiger partial charge < -0.3 is 10.1 Å². The standard InChI is InChI=1S/C14H22ClNO/c1-4-9-16-10-12-13(15)7-6-8-14(12)17-11(3)5-2/h6-8,11,16H,4-5,9-10H2,1-3H3. The van der Waals surface area contributed by atoms with Crippen molar-refractivity contribution in [2.45, 2.75) is 46.3 Å². The normalized spacial score (nSPS) is 12.5. The molecule has 0 saturated carbocycles. The van der Waals surface area contributed by atoms with Crippen LogP contribution in [0.1, 0.15) is 39.2 Å². The van der Waals surface area contributed by atoms with E-state index in [2.05, 4.69) is 26.1 Å². The topological polar surface area (TPSA) is 21.3 Å². The molecule has 0 radical (unpaired) electrons. The zero-order valence-electron chi connectivity index (χ0n) is 10.9.